The highest BCUT2D eigenvalue weighted by Gasteiger charge is 2.19. The third kappa shape index (κ3) is 2.46. The summed E-state index contributed by atoms with van der Waals surface area (Å²) in [6.07, 6.45) is -0.889. The van der Waals surface area contributed by atoms with Crippen LogP contribution in [-0.2, 0) is 9.84 Å². The van der Waals surface area contributed by atoms with Crippen LogP contribution in [0.1, 0.15) is 6.92 Å². The Hall–Kier alpha value is -1.07. The van der Waals surface area contributed by atoms with Gasteiger partial charge in [-0.15, -0.1) is 0 Å². The standard InChI is InChI=1S/C9H13NO3S/c1-7(11)6-14(12,13)9-5-3-2-4-8(9)10/h2-5,7,11H,6,10H2,1H3. The molecule has 14 heavy (non-hydrogen) atoms. The summed E-state index contributed by atoms with van der Waals surface area (Å²) < 4.78 is 23.2. The molecule has 0 radical (unpaired) electrons. The molecule has 1 aromatic rings. The van der Waals surface area contributed by atoms with Gasteiger partial charge in [0, 0.05) is 0 Å². The van der Waals surface area contributed by atoms with Gasteiger partial charge in [0.15, 0.2) is 9.84 Å². The maximum absolute atomic E-state index is 11.6. The first-order chi connectivity index (χ1) is 6.43. The van der Waals surface area contributed by atoms with Crippen molar-refractivity contribution in [3.63, 3.8) is 0 Å². The van der Waals surface area contributed by atoms with Crippen LogP contribution in [0.25, 0.3) is 0 Å². The molecule has 0 aliphatic heterocycles. The molecule has 0 saturated carbocycles. The first-order valence-electron chi connectivity index (χ1n) is 4.19. The Bertz CT molecular complexity index is 412. The van der Waals surface area contributed by atoms with Crippen molar-refractivity contribution in [1.82, 2.24) is 0 Å². The van der Waals surface area contributed by atoms with E-state index in [-0.39, 0.29) is 16.3 Å². The van der Waals surface area contributed by atoms with Crippen molar-refractivity contribution in [3.05, 3.63) is 24.3 Å². The highest BCUT2D eigenvalue weighted by atomic mass is 32.2. The fourth-order valence-corrected chi connectivity index (χ4v) is 2.70. The Morgan fingerprint density at radius 3 is 2.50 bits per heavy atom. The van der Waals surface area contributed by atoms with E-state index in [1.165, 1.54) is 19.1 Å². The number of para-hydroxylation sites is 1. The molecule has 4 nitrogen and oxygen atoms in total. The van der Waals surface area contributed by atoms with Crippen LogP contribution in [0, 0.1) is 0 Å². The molecule has 3 N–H and O–H groups in total. The summed E-state index contributed by atoms with van der Waals surface area (Å²) in [5.41, 5.74) is 5.74. The number of anilines is 1. The Labute approximate surface area is 83.3 Å². The number of nitrogen functional groups attached to an aromatic ring is 1. The van der Waals surface area contributed by atoms with Gasteiger partial charge in [0.05, 0.1) is 22.4 Å². The lowest BCUT2D eigenvalue weighted by atomic mass is 10.3. The van der Waals surface area contributed by atoms with Crippen LogP contribution in [0.4, 0.5) is 5.69 Å². The molecular formula is C9H13NO3S. The lowest BCUT2D eigenvalue weighted by Gasteiger charge is -2.08. The molecule has 1 atom stereocenters. The minimum absolute atomic E-state index is 0.0842. The topological polar surface area (TPSA) is 80.4 Å². The number of aliphatic hydroxyl groups excluding tert-OH is 1. The molecule has 0 heterocycles. The number of hydrogen-bond donors (Lipinski definition) is 2. The summed E-state index contributed by atoms with van der Waals surface area (Å²) in [6, 6.07) is 6.23. The highest BCUT2D eigenvalue weighted by Crippen LogP contribution is 2.19. The number of benzene rings is 1. The number of rotatable bonds is 3. The van der Waals surface area contributed by atoms with Crippen LogP contribution >= 0.6 is 0 Å². The van der Waals surface area contributed by atoms with Crippen molar-refractivity contribution in [1.29, 1.82) is 0 Å². The van der Waals surface area contributed by atoms with Gasteiger partial charge in [-0.25, -0.2) is 8.42 Å². The Morgan fingerprint density at radius 2 is 2.00 bits per heavy atom. The van der Waals surface area contributed by atoms with Crippen LogP contribution < -0.4 is 5.73 Å². The third-order valence-corrected chi connectivity index (χ3v) is 3.68. The summed E-state index contributed by atoms with van der Waals surface area (Å²) >= 11 is 0. The van der Waals surface area contributed by atoms with Crippen LogP contribution in [0.3, 0.4) is 0 Å². The van der Waals surface area contributed by atoms with Crippen molar-refractivity contribution in [3.8, 4) is 0 Å². The normalized spacial score (nSPS) is 13.9. The lowest BCUT2D eigenvalue weighted by molar-refractivity contribution is 0.218. The van der Waals surface area contributed by atoms with Crippen LogP contribution in [0.5, 0.6) is 0 Å². The average molecular weight is 215 g/mol. The molecule has 0 saturated heterocycles. The van der Waals surface area contributed by atoms with E-state index in [0.29, 0.717) is 0 Å². The van der Waals surface area contributed by atoms with Gasteiger partial charge in [-0.1, -0.05) is 12.1 Å². The fourth-order valence-electron chi connectivity index (χ4n) is 1.17. The second-order valence-electron chi connectivity index (χ2n) is 3.17. The Kier molecular flexibility index (Phi) is 3.13. The number of hydrogen-bond acceptors (Lipinski definition) is 4. The molecule has 0 bridgehead atoms. The maximum Gasteiger partial charge on any atom is 0.182 e. The Balaban J connectivity index is 3.11. The van der Waals surface area contributed by atoms with E-state index in [9.17, 15) is 8.42 Å². The van der Waals surface area contributed by atoms with E-state index in [1.54, 1.807) is 12.1 Å². The molecule has 0 fully saturated rings. The van der Waals surface area contributed by atoms with Gasteiger partial charge in [0.25, 0.3) is 0 Å². The van der Waals surface area contributed by atoms with Crippen molar-refractivity contribution < 1.29 is 13.5 Å². The molecule has 1 aromatic carbocycles. The van der Waals surface area contributed by atoms with Crippen LogP contribution in [0.2, 0.25) is 0 Å². The second kappa shape index (κ2) is 3.98. The lowest BCUT2D eigenvalue weighted by Crippen LogP contribution is -2.18. The molecule has 0 amide bonds. The zero-order chi connectivity index (χ0) is 10.8. The molecule has 1 unspecified atom stereocenters. The van der Waals surface area contributed by atoms with Crippen molar-refractivity contribution in [2.45, 2.75) is 17.9 Å². The van der Waals surface area contributed by atoms with E-state index in [4.69, 9.17) is 10.8 Å². The van der Waals surface area contributed by atoms with Gasteiger partial charge < -0.3 is 10.8 Å². The molecule has 0 aromatic heterocycles. The van der Waals surface area contributed by atoms with E-state index in [2.05, 4.69) is 0 Å². The van der Waals surface area contributed by atoms with E-state index in [1.807, 2.05) is 0 Å². The fraction of sp³-hybridized carbons (Fsp3) is 0.333. The van der Waals surface area contributed by atoms with Crippen molar-refractivity contribution in [2.24, 2.45) is 0 Å². The van der Waals surface area contributed by atoms with Gasteiger partial charge in [-0.05, 0) is 19.1 Å². The first kappa shape index (κ1) is 11.0. The smallest absolute Gasteiger partial charge is 0.182 e. The van der Waals surface area contributed by atoms with Crippen LogP contribution in [0.15, 0.2) is 29.2 Å². The van der Waals surface area contributed by atoms with E-state index >= 15 is 0 Å². The molecule has 78 valence electrons. The molecule has 0 spiro atoms. The predicted octanol–water partition coefficient (Wildman–Crippen LogP) is 0.423. The SMILES string of the molecule is CC(O)CS(=O)(=O)c1ccccc1N. The minimum atomic E-state index is -3.47. The zero-order valence-electron chi connectivity index (χ0n) is 7.84. The van der Waals surface area contributed by atoms with Gasteiger partial charge >= 0.3 is 0 Å². The van der Waals surface area contributed by atoms with Gasteiger partial charge in [0.1, 0.15) is 0 Å². The average Bonchev–Trinajstić information content (AvgIpc) is 2.02. The summed E-state index contributed by atoms with van der Waals surface area (Å²) in [5, 5.41) is 9.02. The largest absolute Gasteiger partial charge is 0.398 e. The van der Waals surface area contributed by atoms with Gasteiger partial charge in [0.2, 0.25) is 0 Å². The third-order valence-electron chi connectivity index (χ3n) is 1.71. The van der Waals surface area contributed by atoms with Crippen LogP contribution in [-0.4, -0.2) is 25.4 Å². The van der Waals surface area contributed by atoms with Gasteiger partial charge in [-0.3, -0.25) is 0 Å². The Morgan fingerprint density at radius 1 is 1.43 bits per heavy atom. The zero-order valence-corrected chi connectivity index (χ0v) is 8.66. The quantitative estimate of drug-likeness (QED) is 0.716. The molecule has 5 heteroatoms. The minimum Gasteiger partial charge on any atom is -0.398 e. The molecule has 0 aliphatic rings. The summed E-state index contributed by atoms with van der Waals surface area (Å²) in [4.78, 5) is 0.0842. The summed E-state index contributed by atoms with van der Waals surface area (Å²) in [7, 11) is -3.47. The number of aliphatic hydroxyl groups is 1. The molecule has 1 rings (SSSR count). The van der Waals surface area contributed by atoms with Crippen molar-refractivity contribution >= 4 is 15.5 Å². The maximum atomic E-state index is 11.6. The summed E-state index contributed by atoms with van der Waals surface area (Å²) in [5.74, 6) is -0.304. The van der Waals surface area contributed by atoms with E-state index < -0.39 is 15.9 Å². The highest BCUT2D eigenvalue weighted by molar-refractivity contribution is 7.91. The number of sulfone groups is 1. The second-order valence-corrected chi connectivity index (χ2v) is 5.17. The van der Waals surface area contributed by atoms with E-state index in [0.717, 1.165) is 0 Å². The predicted molar refractivity (Wildman–Crippen MR) is 54.6 cm³/mol. The first-order valence-corrected chi connectivity index (χ1v) is 5.84. The number of nitrogens with two attached hydrogens (primary N) is 1. The van der Waals surface area contributed by atoms with Gasteiger partial charge in [-0.2, -0.15) is 0 Å². The monoisotopic (exact) mass is 215 g/mol. The molecule has 0 aliphatic carbocycles. The molecular weight excluding hydrogens is 202 g/mol. The summed E-state index contributed by atoms with van der Waals surface area (Å²) in [6.45, 7) is 1.43. The van der Waals surface area contributed by atoms with Crippen molar-refractivity contribution in [2.75, 3.05) is 11.5 Å².